The third kappa shape index (κ3) is 6.34. The zero-order valence-electron chi connectivity index (χ0n) is 15.5. The van der Waals surface area contributed by atoms with Crippen molar-refractivity contribution >= 4 is 34.9 Å². The smallest absolute Gasteiger partial charge is 0.238 e. The van der Waals surface area contributed by atoms with Gasteiger partial charge in [0.05, 0.1) is 25.3 Å². The molecule has 2 saturated heterocycles. The summed E-state index contributed by atoms with van der Waals surface area (Å²) in [7, 11) is 0. The molecule has 3 aliphatic rings. The van der Waals surface area contributed by atoms with Gasteiger partial charge in [-0.05, 0) is 18.8 Å². The number of thiocarbonyl (C=S) groups is 1. The lowest BCUT2D eigenvalue weighted by Gasteiger charge is -2.32. The normalized spacial score (nSPS) is 26.4. The summed E-state index contributed by atoms with van der Waals surface area (Å²) in [5.74, 6) is 2.55. The highest BCUT2D eigenvalue weighted by molar-refractivity contribution is 7.99. The molecular formula is C18H32N4O2S2. The van der Waals surface area contributed by atoms with Gasteiger partial charge in [-0.25, -0.2) is 5.01 Å². The molecule has 1 amide bonds. The van der Waals surface area contributed by atoms with Crippen molar-refractivity contribution in [1.29, 1.82) is 0 Å². The molecule has 0 aromatic rings. The van der Waals surface area contributed by atoms with Crippen LogP contribution in [0.25, 0.3) is 0 Å². The minimum atomic E-state index is -0.0941. The van der Waals surface area contributed by atoms with Gasteiger partial charge in [0.1, 0.15) is 4.99 Å². The number of amides is 1. The Labute approximate surface area is 166 Å². The number of rotatable bonds is 7. The molecule has 0 bridgehead atoms. The Morgan fingerprint density at radius 3 is 2.73 bits per heavy atom. The molecule has 3 fully saturated rings. The van der Waals surface area contributed by atoms with Crippen molar-refractivity contribution in [3.63, 3.8) is 0 Å². The Bertz CT molecular complexity index is 462. The van der Waals surface area contributed by atoms with Gasteiger partial charge in [0.15, 0.2) is 0 Å². The molecule has 0 unspecified atom stereocenters. The van der Waals surface area contributed by atoms with Gasteiger partial charge >= 0.3 is 0 Å². The van der Waals surface area contributed by atoms with E-state index in [2.05, 4.69) is 21.1 Å². The Balaban J connectivity index is 1.53. The van der Waals surface area contributed by atoms with E-state index in [9.17, 15) is 4.79 Å². The van der Waals surface area contributed by atoms with Crippen LogP contribution >= 0.6 is 24.0 Å². The van der Waals surface area contributed by atoms with E-state index in [0.717, 1.165) is 61.7 Å². The van der Waals surface area contributed by atoms with E-state index >= 15 is 0 Å². The zero-order valence-corrected chi connectivity index (χ0v) is 17.1. The maximum Gasteiger partial charge on any atom is 0.238 e. The van der Waals surface area contributed by atoms with Crippen molar-refractivity contribution < 1.29 is 9.53 Å². The van der Waals surface area contributed by atoms with E-state index in [-0.39, 0.29) is 18.0 Å². The Kier molecular flexibility index (Phi) is 8.45. The Morgan fingerprint density at radius 2 is 2.04 bits per heavy atom. The van der Waals surface area contributed by atoms with Gasteiger partial charge < -0.3 is 15.5 Å². The van der Waals surface area contributed by atoms with E-state index in [4.69, 9.17) is 17.0 Å². The fourth-order valence-corrected chi connectivity index (χ4v) is 5.14. The first-order valence-corrected chi connectivity index (χ1v) is 11.5. The largest absolute Gasteiger partial charge is 0.379 e. The Hall–Kier alpha value is -0.410. The number of hydrogen-bond acceptors (Lipinski definition) is 6. The first-order chi connectivity index (χ1) is 12.7. The topological polar surface area (TPSA) is 65.6 Å². The van der Waals surface area contributed by atoms with Gasteiger partial charge in [-0.1, -0.05) is 44.3 Å². The maximum atomic E-state index is 12.6. The monoisotopic (exact) mass is 400 g/mol. The van der Waals surface area contributed by atoms with E-state index in [1.165, 1.54) is 32.1 Å². The second kappa shape index (κ2) is 10.8. The second-order valence-corrected chi connectivity index (χ2v) is 8.96. The molecule has 148 valence electrons. The van der Waals surface area contributed by atoms with E-state index in [1.54, 1.807) is 11.8 Å². The van der Waals surface area contributed by atoms with Crippen LogP contribution in [0.5, 0.6) is 0 Å². The highest BCUT2D eigenvalue weighted by Gasteiger charge is 2.27. The van der Waals surface area contributed by atoms with Crippen LogP contribution in [0.15, 0.2) is 0 Å². The third-order valence-corrected chi connectivity index (χ3v) is 6.85. The molecule has 3 rings (SSSR count). The van der Waals surface area contributed by atoms with Crippen molar-refractivity contribution in [2.24, 2.45) is 5.92 Å². The number of ether oxygens (including phenoxy) is 1. The minimum absolute atomic E-state index is 0.0785. The van der Waals surface area contributed by atoms with Gasteiger partial charge in [0.2, 0.25) is 5.91 Å². The lowest BCUT2D eigenvalue weighted by Crippen LogP contribution is -2.56. The second-order valence-electron chi connectivity index (χ2n) is 7.49. The number of nitrogens with one attached hydrogen (secondary N) is 3. The molecule has 0 aromatic heterocycles. The Morgan fingerprint density at radius 1 is 1.27 bits per heavy atom. The molecule has 0 radical (unpaired) electrons. The summed E-state index contributed by atoms with van der Waals surface area (Å²) in [4.78, 5) is 13.3. The average molecular weight is 401 g/mol. The van der Waals surface area contributed by atoms with Gasteiger partial charge in [-0.3, -0.25) is 10.1 Å². The van der Waals surface area contributed by atoms with Gasteiger partial charge in [-0.2, -0.15) is 0 Å². The van der Waals surface area contributed by atoms with Crippen LogP contribution in [-0.4, -0.2) is 65.9 Å². The molecule has 2 atom stereocenters. The lowest BCUT2D eigenvalue weighted by atomic mass is 9.85. The van der Waals surface area contributed by atoms with Crippen molar-refractivity contribution in [2.45, 2.75) is 57.0 Å². The third-order valence-electron chi connectivity index (χ3n) is 5.53. The summed E-state index contributed by atoms with van der Waals surface area (Å²) in [6.07, 6.45) is 8.78. The highest BCUT2D eigenvalue weighted by atomic mass is 32.2. The van der Waals surface area contributed by atoms with Gasteiger partial charge in [0, 0.05) is 24.7 Å². The van der Waals surface area contributed by atoms with Crippen LogP contribution in [0.1, 0.15) is 44.9 Å². The predicted octanol–water partition coefficient (Wildman–Crippen LogP) is 1.66. The van der Waals surface area contributed by atoms with Crippen molar-refractivity contribution in [2.75, 3.05) is 37.9 Å². The zero-order chi connectivity index (χ0) is 18.2. The van der Waals surface area contributed by atoms with E-state index in [1.807, 2.05) is 0 Å². The molecule has 1 aliphatic carbocycles. The fourth-order valence-electron chi connectivity index (χ4n) is 3.89. The quantitative estimate of drug-likeness (QED) is 0.562. The SMILES string of the molecule is O=C(N[C@H](CCC1CCCCC1)C(=S)NN1CCOCC1)[C@@H]1CSCN1. The maximum absolute atomic E-state index is 12.6. The summed E-state index contributed by atoms with van der Waals surface area (Å²) in [5, 5.41) is 8.57. The predicted molar refractivity (Wildman–Crippen MR) is 110 cm³/mol. The highest BCUT2D eigenvalue weighted by Crippen LogP contribution is 2.28. The molecule has 8 heteroatoms. The molecule has 3 N–H and O–H groups in total. The summed E-state index contributed by atoms with van der Waals surface area (Å²) in [6, 6.07) is -0.182. The number of nitrogens with zero attached hydrogens (tertiary/aromatic N) is 1. The van der Waals surface area contributed by atoms with Crippen molar-refractivity contribution in [3.8, 4) is 0 Å². The average Bonchev–Trinajstić information content (AvgIpc) is 3.21. The molecule has 0 spiro atoms. The molecule has 0 aromatic carbocycles. The van der Waals surface area contributed by atoms with Gasteiger partial charge in [-0.15, -0.1) is 11.8 Å². The number of hydrogen-bond donors (Lipinski definition) is 3. The first kappa shape index (κ1) is 20.3. The van der Waals surface area contributed by atoms with E-state index < -0.39 is 0 Å². The summed E-state index contributed by atoms with van der Waals surface area (Å²) in [5.41, 5.74) is 3.35. The molecule has 2 aliphatic heterocycles. The molecular weight excluding hydrogens is 368 g/mol. The molecule has 2 heterocycles. The lowest BCUT2D eigenvalue weighted by molar-refractivity contribution is -0.122. The van der Waals surface area contributed by atoms with Crippen LogP contribution in [0.3, 0.4) is 0 Å². The van der Waals surface area contributed by atoms with Crippen LogP contribution in [0, 0.1) is 5.92 Å². The summed E-state index contributed by atoms with van der Waals surface area (Å²) < 4.78 is 5.40. The first-order valence-electron chi connectivity index (χ1n) is 9.97. The van der Waals surface area contributed by atoms with Crippen molar-refractivity contribution in [1.82, 2.24) is 21.1 Å². The minimum Gasteiger partial charge on any atom is -0.379 e. The number of carbonyl (C=O) groups excluding carboxylic acids is 1. The number of thioether (sulfide) groups is 1. The van der Waals surface area contributed by atoms with Crippen LogP contribution in [0.2, 0.25) is 0 Å². The summed E-state index contributed by atoms with van der Waals surface area (Å²) in [6.45, 7) is 3.09. The molecule has 26 heavy (non-hydrogen) atoms. The van der Waals surface area contributed by atoms with Crippen LogP contribution < -0.4 is 16.1 Å². The number of hydrazine groups is 1. The summed E-state index contributed by atoms with van der Waals surface area (Å²) >= 11 is 7.45. The molecule has 1 saturated carbocycles. The fraction of sp³-hybridized carbons (Fsp3) is 0.889. The molecule has 6 nitrogen and oxygen atoms in total. The van der Waals surface area contributed by atoms with Crippen molar-refractivity contribution in [3.05, 3.63) is 0 Å². The standard InChI is InChI=1S/C18H32N4O2S2/c23-17(16-12-26-13-19-16)20-15(7-6-14-4-2-1-3-5-14)18(25)21-22-8-10-24-11-9-22/h14-16,19H,1-13H2,(H,20,23)(H,21,25)/t15-,16+/m1/s1. The van der Waals surface area contributed by atoms with E-state index in [0.29, 0.717) is 0 Å². The van der Waals surface area contributed by atoms with Gasteiger partial charge in [0.25, 0.3) is 0 Å². The number of morpholine rings is 1. The van der Waals surface area contributed by atoms with Crippen LogP contribution in [-0.2, 0) is 9.53 Å². The number of carbonyl (C=O) groups is 1. The van der Waals surface area contributed by atoms with Crippen LogP contribution in [0.4, 0.5) is 0 Å².